The third-order valence-electron chi connectivity index (χ3n) is 4.24. The average Bonchev–Trinajstić information content (AvgIpc) is 2.38. The zero-order chi connectivity index (χ0) is 14.9. The first-order valence-electron chi connectivity index (χ1n) is 8.17. The Morgan fingerprint density at radius 3 is 2.11 bits per heavy atom. The number of likely N-dealkylation sites (tertiary alicyclic amines) is 1. The quantitative estimate of drug-likeness (QED) is 0.708. The smallest absolute Gasteiger partial charge is 0.0589 e. The predicted octanol–water partition coefficient (Wildman–Crippen LogP) is 4.44. The Kier molecular flexibility index (Phi) is 9.72. The van der Waals surface area contributed by atoms with Crippen LogP contribution in [0.1, 0.15) is 60.8 Å². The maximum atomic E-state index is 5.15. The van der Waals surface area contributed by atoms with E-state index in [1.54, 1.807) is 7.11 Å². The lowest BCUT2D eigenvalue weighted by atomic mass is 9.69. The van der Waals surface area contributed by atoms with E-state index in [9.17, 15) is 0 Å². The van der Waals surface area contributed by atoms with Crippen molar-refractivity contribution in [1.29, 1.82) is 0 Å². The van der Waals surface area contributed by atoms with Crippen LogP contribution in [0.4, 0.5) is 0 Å². The molecule has 0 bridgehead atoms. The highest BCUT2D eigenvalue weighted by atomic mass is 16.5. The molecule has 0 spiro atoms. The van der Waals surface area contributed by atoms with Gasteiger partial charge < -0.3 is 9.64 Å². The molecule has 1 aliphatic rings. The molecule has 2 heteroatoms. The zero-order valence-corrected chi connectivity index (χ0v) is 14.5. The van der Waals surface area contributed by atoms with Gasteiger partial charge in [0.1, 0.15) is 0 Å². The normalized spacial score (nSPS) is 18.3. The summed E-state index contributed by atoms with van der Waals surface area (Å²) >= 11 is 0. The summed E-state index contributed by atoms with van der Waals surface area (Å²) in [5, 5.41) is 0. The van der Waals surface area contributed by atoms with Crippen LogP contribution < -0.4 is 0 Å². The molecule has 0 saturated carbocycles. The first kappa shape index (κ1) is 18.9. The van der Waals surface area contributed by atoms with Crippen molar-refractivity contribution in [3.05, 3.63) is 0 Å². The molecule has 116 valence electrons. The summed E-state index contributed by atoms with van der Waals surface area (Å²) in [6.45, 7) is 18.1. The highest BCUT2D eigenvalue weighted by Gasteiger charge is 2.32. The largest absolute Gasteiger partial charge is 0.383 e. The second-order valence-corrected chi connectivity index (χ2v) is 6.70. The van der Waals surface area contributed by atoms with E-state index in [0.29, 0.717) is 5.41 Å². The van der Waals surface area contributed by atoms with Crippen molar-refractivity contribution in [2.75, 3.05) is 33.4 Å². The lowest BCUT2D eigenvalue weighted by Crippen LogP contribution is -2.40. The second-order valence-electron chi connectivity index (χ2n) is 6.70. The van der Waals surface area contributed by atoms with Gasteiger partial charge in [-0.2, -0.15) is 0 Å². The summed E-state index contributed by atoms with van der Waals surface area (Å²) in [5.74, 6) is 1.72. The van der Waals surface area contributed by atoms with E-state index in [1.165, 1.54) is 32.4 Å². The van der Waals surface area contributed by atoms with Gasteiger partial charge >= 0.3 is 0 Å². The molecule has 0 aromatic rings. The fraction of sp³-hybridized carbons (Fsp3) is 1.00. The molecule has 0 aliphatic carbocycles. The Morgan fingerprint density at radius 1 is 1.16 bits per heavy atom. The van der Waals surface area contributed by atoms with Crippen molar-refractivity contribution in [1.82, 2.24) is 4.90 Å². The predicted molar refractivity (Wildman–Crippen MR) is 85.6 cm³/mol. The van der Waals surface area contributed by atoms with Crippen LogP contribution in [-0.2, 0) is 4.74 Å². The van der Waals surface area contributed by atoms with E-state index >= 15 is 0 Å². The standard InChI is InChI=1S/C15H31NO.C2H6/c1-13(2)12-15(3,4)14-6-8-16(9-7-14)10-11-17-5;1-2/h13-14H,6-12H2,1-5H3;1-2H3. The van der Waals surface area contributed by atoms with E-state index < -0.39 is 0 Å². The van der Waals surface area contributed by atoms with Crippen molar-refractivity contribution in [2.45, 2.75) is 60.8 Å². The van der Waals surface area contributed by atoms with Crippen LogP contribution in [0, 0.1) is 17.3 Å². The van der Waals surface area contributed by atoms with Crippen LogP contribution in [-0.4, -0.2) is 38.3 Å². The summed E-state index contributed by atoms with van der Waals surface area (Å²) in [5.41, 5.74) is 0.515. The maximum absolute atomic E-state index is 5.15. The topological polar surface area (TPSA) is 12.5 Å². The molecule has 2 nitrogen and oxygen atoms in total. The van der Waals surface area contributed by atoms with Gasteiger partial charge in [-0.15, -0.1) is 0 Å². The van der Waals surface area contributed by atoms with Gasteiger partial charge in [0.25, 0.3) is 0 Å². The number of nitrogens with zero attached hydrogens (tertiary/aromatic N) is 1. The molecule has 0 aromatic heterocycles. The highest BCUT2D eigenvalue weighted by Crippen LogP contribution is 2.39. The molecule has 1 heterocycles. The third-order valence-corrected chi connectivity index (χ3v) is 4.24. The van der Waals surface area contributed by atoms with Gasteiger partial charge in [0.15, 0.2) is 0 Å². The van der Waals surface area contributed by atoms with Crippen LogP contribution in [0.25, 0.3) is 0 Å². The van der Waals surface area contributed by atoms with Crippen LogP contribution in [0.2, 0.25) is 0 Å². The summed E-state index contributed by atoms with van der Waals surface area (Å²) < 4.78 is 5.15. The van der Waals surface area contributed by atoms with Gasteiger partial charge in [0.05, 0.1) is 6.61 Å². The minimum atomic E-state index is 0.515. The molecular weight excluding hydrogens is 234 g/mol. The summed E-state index contributed by atoms with van der Waals surface area (Å²) in [7, 11) is 1.79. The Balaban J connectivity index is 0.00000154. The van der Waals surface area contributed by atoms with Crippen molar-refractivity contribution in [3.63, 3.8) is 0 Å². The third kappa shape index (κ3) is 7.31. The molecule has 0 atom stereocenters. The van der Waals surface area contributed by atoms with E-state index in [-0.39, 0.29) is 0 Å². The Hall–Kier alpha value is -0.0800. The molecule has 1 aliphatic heterocycles. The van der Waals surface area contributed by atoms with Crippen LogP contribution >= 0.6 is 0 Å². The van der Waals surface area contributed by atoms with Gasteiger partial charge in [-0.3, -0.25) is 0 Å². The first-order chi connectivity index (χ1) is 8.95. The molecule has 0 radical (unpaired) electrons. The van der Waals surface area contributed by atoms with E-state index in [2.05, 4.69) is 32.6 Å². The number of hydrogen-bond acceptors (Lipinski definition) is 2. The summed E-state index contributed by atoms with van der Waals surface area (Å²) in [4.78, 5) is 2.55. The number of hydrogen-bond donors (Lipinski definition) is 0. The average molecular weight is 271 g/mol. The van der Waals surface area contributed by atoms with Crippen molar-refractivity contribution in [2.24, 2.45) is 17.3 Å². The molecule has 0 N–H and O–H groups in total. The van der Waals surface area contributed by atoms with Crippen molar-refractivity contribution >= 4 is 0 Å². The van der Waals surface area contributed by atoms with Gasteiger partial charge in [-0.05, 0) is 49.6 Å². The number of rotatable bonds is 6. The van der Waals surface area contributed by atoms with Crippen molar-refractivity contribution < 1.29 is 4.74 Å². The van der Waals surface area contributed by atoms with Gasteiger partial charge in [0.2, 0.25) is 0 Å². The van der Waals surface area contributed by atoms with E-state index in [0.717, 1.165) is 25.0 Å². The van der Waals surface area contributed by atoms with Crippen LogP contribution in [0.5, 0.6) is 0 Å². The fourth-order valence-electron chi connectivity index (χ4n) is 3.38. The molecule has 19 heavy (non-hydrogen) atoms. The lowest BCUT2D eigenvalue weighted by molar-refractivity contribution is 0.0682. The number of ether oxygens (including phenoxy) is 1. The Morgan fingerprint density at radius 2 is 1.68 bits per heavy atom. The summed E-state index contributed by atoms with van der Waals surface area (Å²) in [6.07, 6.45) is 4.09. The molecule has 0 aromatic carbocycles. The molecule has 1 rings (SSSR count). The maximum Gasteiger partial charge on any atom is 0.0589 e. The van der Waals surface area contributed by atoms with E-state index in [1.807, 2.05) is 13.8 Å². The number of methoxy groups -OCH3 is 1. The Bertz CT molecular complexity index is 205. The highest BCUT2D eigenvalue weighted by molar-refractivity contribution is 4.84. The van der Waals surface area contributed by atoms with E-state index in [4.69, 9.17) is 4.74 Å². The fourth-order valence-corrected chi connectivity index (χ4v) is 3.38. The number of piperidine rings is 1. The minimum Gasteiger partial charge on any atom is -0.383 e. The first-order valence-corrected chi connectivity index (χ1v) is 8.17. The van der Waals surface area contributed by atoms with Crippen molar-refractivity contribution in [3.8, 4) is 0 Å². The van der Waals surface area contributed by atoms with Gasteiger partial charge in [-0.1, -0.05) is 41.5 Å². The molecule has 0 unspecified atom stereocenters. The molecule has 1 fully saturated rings. The lowest BCUT2D eigenvalue weighted by Gasteiger charge is -2.41. The zero-order valence-electron chi connectivity index (χ0n) is 14.5. The van der Waals surface area contributed by atoms with Gasteiger partial charge in [-0.25, -0.2) is 0 Å². The summed E-state index contributed by atoms with van der Waals surface area (Å²) in [6, 6.07) is 0. The molecule has 0 amide bonds. The van der Waals surface area contributed by atoms with Crippen LogP contribution in [0.3, 0.4) is 0 Å². The Labute approximate surface area is 121 Å². The molecule has 1 saturated heterocycles. The monoisotopic (exact) mass is 271 g/mol. The van der Waals surface area contributed by atoms with Gasteiger partial charge in [0, 0.05) is 13.7 Å². The minimum absolute atomic E-state index is 0.515. The molecular formula is C17H37NO. The second kappa shape index (κ2) is 9.77. The SMILES string of the molecule is CC.COCCN1CCC(C(C)(C)CC(C)C)CC1. The van der Waals surface area contributed by atoms with Crippen LogP contribution in [0.15, 0.2) is 0 Å².